The van der Waals surface area contributed by atoms with E-state index in [2.05, 4.69) is 10.1 Å². The third-order valence-corrected chi connectivity index (χ3v) is 4.99. The van der Waals surface area contributed by atoms with Gasteiger partial charge in [-0.1, -0.05) is 35.5 Å². The number of hydrogen-bond acceptors (Lipinski definition) is 5. The number of nitro groups is 1. The van der Waals surface area contributed by atoms with Gasteiger partial charge in [-0.15, -0.1) is 0 Å². The molecule has 0 aliphatic heterocycles. The number of H-pyrrole nitrogens is 1. The Morgan fingerprint density at radius 1 is 1.21 bits per heavy atom. The summed E-state index contributed by atoms with van der Waals surface area (Å²) in [7, 11) is 1.62. The predicted molar refractivity (Wildman–Crippen MR) is 105 cm³/mol. The van der Waals surface area contributed by atoms with Crippen LogP contribution < -0.4 is 4.74 Å². The molecule has 0 fully saturated rings. The van der Waals surface area contributed by atoms with Crippen molar-refractivity contribution in [2.24, 2.45) is 0 Å². The Kier molecular flexibility index (Phi) is 4.57. The van der Waals surface area contributed by atoms with Crippen LogP contribution in [0.3, 0.4) is 0 Å². The molecule has 0 spiro atoms. The smallest absolute Gasteiger partial charge is 0.334 e. The van der Waals surface area contributed by atoms with E-state index < -0.39 is 4.92 Å². The largest absolute Gasteiger partial charge is 0.497 e. The molecule has 1 atom stereocenters. The van der Waals surface area contributed by atoms with E-state index in [1.807, 2.05) is 54.7 Å². The number of rotatable bonds is 6. The van der Waals surface area contributed by atoms with Crippen molar-refractivity contribution < 1.29 is 14.2 Å². The molecule has 4 rings (SSSR count). The highest BCUT2D eigenvalue weighted by Gasteiger charge is 2.29. The first-order valence-corrected chi connectivity index (χ1v) is 8.88. The minimum absolute atomic E-state index is 0.0571. The van der Waals surface area contributed by atoms with E-state index in [9.17, 15) is 10.1 Å². The first-order chi connectivity index (χ1) is 13.6. The van der Waals surface area contributed by atoms with Gasteiger partial charge in [0.2, 0.25) is 5.76 Å². The lowest BCUT2D eigenvalue weighted by Gasteiger charge is -2.16. The van der Waals surface area contributed by atoms with Crippen LogP contribution in [0.15, 0.2) is 59.3 Å². The maximum Gasteiger partial charge on any atom is 0.334 e. The van der Waals surface area contributed by atoms with Gasteiger partial charge in [-0.2, -0.15) is 0 Å². The van der Waals surface area contributed by atoms with Gasteiger partial charge in [-0.25, -0.2) is 0 Å². The fourth-order valence-electron chi connectivity index (χ4n) is 3.59. The van der Waals surface area contributed by atoms with Crippen LogP contribution in [0.2, 0.25) is 0 Å². The number of fused-ring (bicyclic) bond motifs is 1. The summed E-state index contributed by atoms with van der Waals surface area (Å²) in [6.07, 6.45) is 2.28. The first-order valence-electron chi connectivity index (χ1n) is 8.88. The van der Waals surface area contributed by atoms with Crippen molar-refractivity contribution >= 4 is 16.6 Å². The van der Waals surface area contributed by atoms with Crippen LogP contribution in [-0.4, -0.2) is 22.2 Å². The lowest BCUT2D eigenvalue weighted by atomic mass is 9.87. The molecule has 2 aromatic heterocycles. The minimum atomic E-state index is -0.429. The van der Waals surface area contributed by atoms with Crippen LogP contribution >= 0.6 is 0 Å². The van der Waals surface area contributed by atoms with Gasteiger partial charge in [0.05, 0.1) is 12.0 Å². The second-order valence-electron chi connectivity index (χ2n) is 6.62. The summed E-state index contributed by atoms with van der Waals surface area (Å²) < 4.78 is 10.6. The molecule has 4 aromatic rings. The van der Waals surface area contributed by atoms with Crippen LogP contribution in [-0.2, 0) is 6.42 Å². The Labute approximate surface area is 161 Å². The molecular formula is C21H19N3O4. The predicted octanol–water partition coefficient (Wildman–Crippen LogP) is 4.76. The van der Waals surface area contributed by atoms with Crippen molar-refractivity contribution in [2.45, 2.75) is 19.3 Å². The summed E-state index contributed by atoms with van der Waals surface area (Å²) in [5, 5.41) is 16.4. The van der Waals surface area contributed by atoms with Gasteiger partial charge in [0.1, 0.15) is 5.75 Å². The van der Waals surface area contributed by atoms with Gasteiger partial charge in [0, 0.05) is 29.4 Å². The third-order valence-electron chi connectivity index (χ3n) is 4.99. The third kappa shape index (κ3) is 3.11. The monoisotopic (exact) mass is 377 g/mol. The molecule has 0 bridgehead atoms. The minimum Gasteiger partial charge on any atom is -0.497 e. The highest BCUT2D eigenvalue weighted by atomic mass is 16.6. The highest BCUT2D eigenvalue weighted by Crippen LogP contribution is 2.36. The molecule has 7 nitrogen and oxygen atoms in total. The lowest BCUT2D eigenvalue weighted by Crippen LogP contribution is -2.06. The van der Waals surface area contributed by atoms with Crippen LogP contribution in [0, 0.1) is 17.0 Å². The molecule has 2 aromatic carbocycles. The number of aromatic amines is 1. The highest BCUT2D eigenvalue weighted by molar-refractivity contribution is 5.84. The van der Waals surface area contributed by atoms with E-state index in [0.29, 0.717) is 6.42 Å². The molecule has 7 heteroatoms. The van der Waals surface area contributed by atoms with Crippen molar-refractivity contribution in [1.29, 1.82) is 0 Å². The summed E-state index contributed by atoms with van der Waals surface area (Å²) in [6.45, 7) is 1.58. The number of hydrogen-bond donors (Lipinski definition) is 1. The number of aryl methyl sites for hydroxylation is 1. The van der Waals surface area contributed by atoms with Crippen molar-refractivity contribution in [3.63, 3.8) is 0 Å². The van der Waals surface area contributed by atoms with Gasteiger partial charge < -0.3 is 14.2 Å². The summed E-state index contributed by atoms with van der Waals surface area (Å²) in [5.74, 6) is 0.879. The van der Waals surface area contributed by atoms with Crippen molar-refractivity contribution in [3.05, 3.63) is 87.4 Å². The fourth-order valence-corrected chi connectivity index (χ4v) is 3.59. The second kappa shape index (κ2) is 7.19. The van der Waals surface area contributed by atoms with Gasteiger partial charge in [0.15, 0.2) is 5.69 Å². The number of methoxy groups -OCH3 is 1. The van der Waals surface area contributed by atoms with Crippen LogP contribution in [0.5, 0.6) is 5.75 Å². The molecule has 1 N–H and O–H groups in total. The van der Waals surface area contributed by atoms with Crippen LogP contribution in [0.25, 0.3) is 10.9 Å². The van der Waals surface area contributed by atoms with Crippen molar-refractivity contribution in [1.82, 2.24) is 10.1 Å². The average molecular weight is 377 g/mol. The molecule has 142 valence electrons. The Bertz CT molecular complexity index is 1130. The molecule has 0 saturated heterocycles. The number of aromatic nitrogens is 2. The maximum absolute atomic E-state index is 11.5. The Hall–Kier alpha value is -3.61. The molecule has 0 aliphatic rings. The van der Waals surface area contributed by atoms with Gasteiger partial charge in [-0.3, -0.25) is 10.1 Å². The van der Waals surface area contributed by atoms with E-state index in [1.165, 1.54) is 0 Å². The molecule has 2 heterocycles. The van der Waals surface area contributed by atoms with E-state index in [4.69, 9.17) is 9.26 Å². The zero-order chi connectivity index (χ0) is 19.7. The fraction of sp³-hybridized carbons (Fsp3) is 0.190. The van der Waals surface area contributed by atoms with Gasteiger partial charge >= 0.3 is 5.69 Å². The van der Waals surface area contributed by atoms with E-state index >= 15 is 0 Å². The maximum atomic E-state index is 11.5. The average Bonchev–Trinajstić information content (AvgIpc) is 3.29. The molecule has 0 aliphatic carbocycles. The van der Waals surface area contributed by atoms with E-state index in [-0.39, 0.29) is 23.1 Å². The zero-order valence-electron chi connectivity index (χ0n) is 15.5. The SMILES string of the molecule is COc1ccc(C(Cc2onc(C)c2[N+](=O)[O-])c2c[nH]c3ccccc23)cc1. The summed E-state index contributed by atoms with van der Waals surface area (Å²) in [5.41, 5.74) is 3.29. The number of nitrogens with one attached hydrogen (secondary N) is 1. The molecule has 0 amide bonds. The van der Waals surface area contributed by atoms with Crippen LogP contribution in [0.1, 0.15) is 28.5 Å². The molecule has 28 heavy (non-hydrogen) atoms. The van der Waals surface area contributed by atoms with Crippen LogP contribution in [0.4, 0.5) is 5.69 Å². The Morgan fingerprint density at radius 2 is 1.96 bits per heavy atom. The normalized spacial score (nSPS) is 12.2. The molecule has 0 radical (unpaired) electrons. The second-order valence-corrected chi connectivity index (χ2v) is 6.62. The van der Waals surface area contributed by atoms with Gasteiger partial charge in [-0.05, 0) is 36.2 Å². The van der Waals surface area contributed by atoms with E-state index in [0.717, 1.165) is 27.8 Å². The zero-order valence-corrected chi connectivity index (χ0v) is 15.5. The summed E-state index contributed by atoms with van der Waals surface area (Å²) >= 11 is 0. The number of para-hydroxylation sites is 1. The quantitative estimate of drug-likeness (QED) is 0.386. The van der Waals surface area contributed by atoms with Gasteiger partial charge in [0.25, 0.3) is 0 Å². The van der Waals surface area contributed by atoms with Crippen molar-refractivity contribution in [2.75, 3.05) is 7.11 Å². The summed E-state index contributed by atoms with van der Waals surface area (Å²) in [6, 6.07) is 15.7. The standard InChI is InChI=1S/C21H19N3O4/c1-13-21(24(25)26)20(28-23-13)11-17(14-7-9-15(27-2)10-8-14)18-12-22-19-6-4-3-5-16(18)19/h3-10,12,17,22H,11H2,1-2H3. The number of ether oxygens (including phenoxy) is 1. The lowest BCUT2D eigenvalue weighted by molar-refractivity contribution is -0.386. The number of benzene rings is 2. The Balaban J connectivity index is 1.83. The topological polar surface area (TPSA) is 94.2 Å². The first kappa shape index (κ1) is 17.8. The number of nitrogens with zero attached hydrogens (tertiary/aromatic N) is 2. The van der Waals surface area contributed by atoms with Crippen molar-refractivity contribution in [3.8, 4) is 5.75 Å². The van der Waals surface area contributed by atoms with E-state index in [1.54, 1.807) is 14.0 Å². The summed E-state index contributed by atoms with van der Waals surface area (Å²) in [4.78, 5) is 14.3. The molecular weight excluding hydrogens is 358 g/mol. The molecule has 0 saturated carbocycles. The Morgan fingerprint density at radius 3 is 2.68 bits per heavy atom. The molecule has 1 unspecified atom stereocenters.